The van der Waals surface area contributed by atoms with Crippen molar-refractivity contribution in [3.8, 4) is 5.75 Å². The van der Waals surface area contributed by atoms with E-state index in [1.807, 2.05) is 0 Å². The molecule has 0 amide bonds. The molecule has 70 valence electrons. The van der Waals surface area contributed by atoms with Crippen LogP contribution in [0, 0.1) is 5.82 Å². The molecule has 1 unspecified atom stereocenters. The van der Waals surface area contributed by atoms with E-state index in [2.05, 4.69) is 0 Å². The van der Waals surface area contributed by atoms with Gasteiger partial charge in [0.05, 0.1) is 6.04 Å². The molecule has 0 saturated carbocycles. The first-order valence-corrected chi connectivity index (χ1v) is 3.77. The molecule has 0 spiro atoms. The van der Waals surface area contributed by atoms with E-state index >= 15 is 0 Å². The van der Waals surface area contributed by atoms with Crippen LogP contribution in [0.15, 0.2) is 18.2 Å². The van der Waals surface area contributed by atoms with E-state index in [4.69, 9.17) is 10.8 Å². The molecule has 0 radical (unpaired) electrons. The van der Waals surface area contributed by atoms with E-state index in [0.717, 1.165) is 12.1 Å². The van der Waals surface area contributed by atoms with Crippen LogP contribution in [0.25, 0.3) is 0 Å². The van der Waals surface area contributed by atoms with Gasteiger partial charge in [0.1, 0.15) is 0 Å². The lowest BCUT2D eigenvalue weighted by molar-refractivity contribution is -0.118. The number of phenols is 1. The molecule has 1 aromatic rings. The summed E-state index contributed by atoms with van der Waals surface area (Å²) in [5.74, 6) is -1.44. The lowest BCUT2D eigenvalue weighted by Crippen LogP contribution is -2.18. The van der Waals surface area contributed by atoms with Gasteiger partial charge in [0.2, 0.25) is 0 Å². The summed E-state index contributed by atoms with van der Waals surface area (Å²) in [5, 5.41) is 8.99. The van der Waals surface area contributed by atoms with Crippen molar-refractivity contribution in [2.75, 3.05) is 0 Å². The average Bonchev–Trinajstić information content (AvgIpc) is 2.08. The van der Waals surface area contributed by atoms with Gasteiger partial charge >= 0.3 is 0 Å². The number of aromatic hydroxyl groups is 1. The van der Waals surface area contributed by atoms with E-state index < -0.39 is 17.6 Å². The van der Waals surface area contributed by atoms with Gasteiger partial charge < -0.3 is 10.8 Å². The second-order valence-corrected chi connectivity index (χ2v) is 2.80. The van der Waals surface area contributed by atoms with E-state index in [1.54, 1.807) is 0 Å². The molecule has 0 heterocycles. The maximum Gasteiger partial charge on any atom is 0.164 e. The molecule has 0 fully saturated rings. The molecule has 1 rings (SSSR count). The van der Waals surface area contributed by atoms with Crippen LogP contribution in [0.1, 0.15) is 18.5 Å². The lowest BCUT2D eigenvalue weighted by atomic mass is 10.0. The van der Waals surface area contributed by atoms with Crippen molar-refractivity contribution in [3.63, 3.8) is 0 Å². The number of Topliss-reactive ketones (excluding diaryl/α,β-unsaturated/α-hetero) is 1. The third-order valence-corrected chi connectivity index (χ3v) is 1.77. The Bertz CT molecular complexity index is 338. The van der Waals surface area contributed by atoms with E-state index in [0.29, 0.717) is 5.56 Å². The summed E-state index contributed by atoms with van der Waals surface area (Å²) >= 11 is 0. The zero-order valence-electron chi connectivity index (χ0n) is 7.12. The molecule has 3 N–H and O–H groups in total. The van der Waals surface area contributed by atoms with Gasteiger partial charge in [-0.1, -0.05) is 6.07 Å². The number of nitrogens with two attached hydrogens (primary N) is 1. The van der Waals surface area contributed by atoms with Gasteiger partial charge in [0.15, 0.2) is 17.3 Å². The molecule has 0 aliphatic heterocycles. The first-order valence-electron chi connectivity index (χ1n) is 3.77. The molecule has 13 heavy (non-hydrogen) atoms. The quantitative estimate of drug-likeness (QED) is 0.722. The van der Waals surface area contributed by atoms with Crippen molar-refractivity contribution >= 4 is 5.78 Å². The molecule has 0 saturated heterocycles. The van der Waals surface area contributed by atoms with Crippen LogP contribution in [-0.2, 0) is 4.79 Å². The summed E-state index contributed by atoms with van der Waals surface area (Å²) in [6.07, 6.45) is 0. The molecule has 0 aromatic heterocycles. The normalized spacial score (nSPS) is 12.5. The lowest BCUT2D eigenvalue weighted by Gasteiger charge is -2.08. The number of ketones is 1. The minimum atomic E-state index is -0.800. The number of carbonyl (C=O) groups is 1. The fourth-order valence-corrected chi connectivity index (χ4v) is 0.958. The number of phenolic OH excluding ortho intramolecular Hbond substituents is 1. The van der Waals surface area contributed by atoms with Crippen molar-refractivity contribution in [1.29, 1.82) is 0 Å². The van der Waals surface area contributed by atoms with E-state index in [1.165, 1.54) is 13.0 Å². The minimum absolute atomic E-state index is 0.231. The molecular formula is C9H10FNO2. The number of carbonyl (C=O) groups excluding carboxylic acids is 1. The summed E-state index contributed by atoms with van der Waals surface area (Å²) < 4.78 is 12.6. The molecule has 4 heteroatoms. The SMILES string of the molecule is CC(=O)C(N)c1ccc(F)c(O)c1. The number of hydrogen-bond acceptors (Lipinski definition) is 3. The number of benzene rings is 1. The van der Waals surface area contributed by atoms with E-state index in [-0.39, 0.29) is 5.78 Å². The second-order valence-electron chi connectivity index (χ2n) is 2.80. The van der Waals surface area contributed by atoms with Crippen LogP contribution >= 0.6 is 0 Å². The van der Waals surface area contributed by atoms with Crippen molar-refractivity contribution in [2.45, 2.75) is 13.0 Å². The topological polar surface area (TPSA) is 63.3 Å². The third kappa shape index (κ3) is 2.03. The molecule has 0 aliphatic carbocycles. The van der Waals surface area contributed by atoms with E-state index in [9.17, 15) is 9.18 Å². The van der Waals surface area contributed by atoms with Gasteiger partial charge in [-0.2, -0.15) is 0 Å². The van der Waals surface area contributed by atoms with Gasteiger partial charge in [-0.25, -0.2) is 4.39 Å². The van der Waals surface area contributed by atoms with Gasteiger partial charge in [0, 0.05) is 0 Å². The molecule has 0 bridgehead atoms. The first-order chi connectivity index (χ1) is 6.02. The molecule has 0 aliphatic rings. The van der Waals surface area contributed by atoms with Crippen LogP contribution < -0.4 is 5.73 Å². The maximum absolute atomic E-state index is 12.6. The summed E-state index contributed by atoms with van der Waals surface area (Å²) in [7, 11) is 0. The fraction of sp³-hybridized carbons (Fsp3) is 0.222. The predicted octanol–water partition coefficient (Wildman–Crippen LogP) is 1.12. The third-order valence-electron chi connectivity index (χ3n) is 1.77. The summed E-state index contributed by atoms with van der Waals surface area (Å²) in [4.78, 5) is 10.8. The van der Waals surface area contributed by atoms with Gasteiger partial charge in [-0.05, 0) is 24.6 Å². The van der Waals surface area contributed by atoms with Crippen molar-refractivity contribution in [1.82, 2.24) is 0 Å². The Morgan fingerprint density at radius 3 is 2.69 bits per heavy atom. The monoisotopic (exact) mass is 183 g/mol. The van der Waals surface area contributed by atoms with Crippen LogP contribution in [-0.4, -0.2) is 10.9 Å². The highest BCUT2D eigenvalue weighted by molar-refractivity contribution is 5.82. The zero-order chi connectivity index (χ0) is 10.0. The largest absolute Gasteiger partial charge is 0.505 e. The standard InChI is InChI=1S/C9H10FNO2/c1-5(12)9(11)6-2-3-7(10)8(13)4-6/h2-4,9,13H,11H2,1H3. The minimum Gasteiger partial charge on any atom is -0.505 e. The van der Waals surface area contributed by atoms with Gasteiger partial charge in [-0.15, -0.1) is 0 Å². The number of hydrogen-bond donors (Lipinski definition) is 2. The Hall–Kier alpha value is -1.42. The smallest absolute Gasteiger partial charge is 0.164 e. The second kappa shape index (κ2) is 3.53. The Labute approximate surface area is 75.0 Å². The number of rotatable bonds is 2. The average molecular weight is 183 g/mol. The summed E-state index contributed by atoms with van der Waals surface area (Å²) in [6, 6.07) is 2.81. The highest BCUT2D eigenvalue weighted by Crippen LogP contribution is 2.20. The highest BCUT2D eigenvalue weighted by atomic mass is 19.1. The molecule has 1 aromatic carbocycles. The predicted molar refractivity (Wildman–Crippen MR) is 45.7 cm³/mol. The molecule has 1 atom stereocenters. The highest BCUT2D eigenvalue weighted by Gasteiger charge is 2.12. The van der Waals surface area contributed by atoms with Crippen molar-refractivity contribution in [2.24, 2.45) is 5.73 Å². The maximum atomic E-state index is 12.6. The number of halogens is 1. The Balaban J connectivity index is 3.03. The van der Waals surface area contributed by atoms with Crippen LogP contribution in [0.5, 0.6) is 5.75 Å². The molecule has 3 nitrogen and oxygen atoms in total. The van der Waals surface area contributed by atoms with Crippen LogP contribution in [0.4, 0.5) is 4.39 Å². The van der Waals surface area contributed by atoms with Crippen molar-refractivity contribution < 1.29 is 14.3 Å². The fourth-order valence-electron chi connectivity index (χ4n) is 0.958. The Kier molecular flexibility index (Phi) is 2.63. The molecular weight excluding hydrogens is 173 g/mol. The van der Waals surface area contributed by atoms with Crippen LogP contribution in [0.2, 0.25) is 0 Å². The van der Waals surface area contributed by atoms with Gasteiger partial charge in [0.25, 0.3) is 0 Å². The van der Waals surface area contributed by atoms with Crippen LogP contribution in [0.3, 0.4) is 0 Å². The zero-order valence-corrected chi connectivity index (χ0v) is 7.12. The van der Waals surface area contributed by atoms with Gasteiger partial charge in [-0.3, -0.25) is 4.79 Å². The summed E-state index contributed by atoms with van der Waals surface area (Å²) in [5.41, 5.74) is 5.88. The Morgan fingerprint density at radius 2 is 2.23 bits per heavy atom. The summed E-state index contributed by atoms with van der Waals surface area (Å²) in [6.45, 7) is 1.34. The first kappa shape index (κ1) is 9.67. The Morgan fingerprint density at radius 1 is 1.62 bits per heavy atom. The van der Waals surface area contributed by atoms with Crippen molar-refractivity contribution in [3.05, 3.63) is 29.6 Å².